The molecule has 35 heavy (non-hydrogen) atoms. The zero-order valence-corrected chi connectivity index (χ0v) is 21.0. The maximum Gasteiger partial charge on any atom is 0.264 e. The van der Waals surface area contributed by atoms with E-state index in [2.05, 4.69) is 5.32 Å². The Hall–Kier alpha value is -3.65. The van der Waals surface area contributed by atoms with Crippen molar-refractivity contribution in [3.63, 3.8) is 0 Å². The number of nitrogens with one attached hydrogen (secondary N) is 1. The average molecular weight is 494 g/mol. The number of carbonyl (C=O) groups is 2. The zero-order valence-electron chi connectivity index (χ0n) is 20.2. The molecule has 7 nitrogen and oxygen atoms in total. The van der Waals surface area contributed by atoms with Crippen molar-refractivity contribution in [2.24, 2.45) is 0 Å². The summed E-state index contributed by atoms with van der Waals surface area (Å²) < 4.78 is 28.3. The minimum atomic E-state index is -4.04. The van der Waals surface area contributed by atoms with Crippen LogP contribution in [-0.2, 0) is 26.2 Å². The van der Waals surface area contributed by atoms with Gasteiger partial charge in [-0.05, 0) is 48.7 Å². The Morgan fingerprint density at radius 1 is 0.886 bits per heavy atom. The van der Waals surface area contributed by atoms with Crippen molar-refractivity contribution in [2.45, 2.75) is 37.8 Å². The van der Waals surface area contributed by atoms with E-state index >= 15 is 0 Å². The Morgan fingerprint density at radius 2 is 1.46 bits per heavy atom. The van der Waals surface area contributed by atoms with Crippen molar-refractivity contribution in [1.82, 2.24) is 10.2 Å². The quantitative estimate of drug-likeness (QED) is 0.466. The number of nitrogens with zero attached hydrogens (tertiary/aromatic N) is 2. The van der Waals surface area contributed by atoms with Crippen LogP contribution in [0.3, 0.4) is 0 Å². The lowest BCUT2D eigenvalue weighted by atomic mass is 10.1. The molecule has 0 fully saturated rings. The lowest BCUT2D eigenvalue weighted by Crippen LogP contribution is -2.51. The summed E-state index contributed by atoms with van der Waals surface area (Å²) >= 11 is 0. The fraction of sp³-hybridized carbons (Fsp3) is 0.259. The van der Waals surface area contributed by atoms with Gasteiger partial charge < -0.3 is 10.2 Å². The van der Waals surface area contributed by atoms with E-state index in [-0.39, 0.29) is 17.3 Å². The van der Waals surface area contributed by atoms with Crippen LogP contribution in [0.5, 0.6) is 0 Å². The summed E-state index contributed by atoms with van der Waals surface area (Å²) in [5, 5.41) is 2.63. The molecule has 0 bridgehead atoms. The normalized spacial score (nSPS) is 12.0. The molecule has 0 aliphatic rings. The molecule has 0 aliphatic heterocycles. The van der Waals surface area contributed by atoms with Crippen LogP contribution in [0.1, 0.15) is 24.5 Å². The highest BCUT2D eigenvalue weighted by Gasteiger charge is 2.33. The first-order valence-corrected chi connectivity index (χ1v) is 12.9. The van der Waals surface area contributed by atoms with Gasteiger partial charge in [0, 0.05) is 13.6 Å². The van der Waals surface area contributed by atoms with Gasteiger partial charge in [-0.2, -0.15) is 0 Å². The minimum absolute atomic E-state index is 0.0837. The van der Waals surface area contributed by atoms with Gasteiger partial charge in [0.2, 0.25) is 11.8 Å². The number of anilines is 1. The molecule has 0 aromatic heterocycles. The average Bonchev–Trinajstić information content (AvgIpc) is 2.88. The first-order chi connectivity index (χ1) is 16.8. The Kier molecular flexibility index (Phi) is 8.65. The fourth-order valence-corrected chi connectivity index (χ4v) is 5.34. The third-order valence-electron chi connectivity index (χ3n) is 5.89. The van der Waals surface area contributed by atoms with E-state index in [1.807, 2.05) is 38.1 Å². The van der Waals surface area contributed by atoms with Gasteiger partial charge in [-0.15, -0.1) is 0 Å². The molecule has 1 atom stereocenters. The summed E-state index contributed by atoms with van der Waals surface area (Å²) in [6.45, 7) is 3.51. The molecule has 2 amide bonds. The maximum absolute atomic E-state index is 13.8. The number of carbonyl (C=O) groups excluding carboxylic acids is 2. The van der Waals surface area contributed by atoms with Crippen molar-refractivity contribution in [3.8, 4) is 0 Å². The first-order valence-electron chi connectivity index (χ1n) is 11.5. The van der Waals surface area contributed by atoms with E-state index < -0.39 is 28.5 Å². The van der Waals surface area contributed by atoms with Crippen LogP contribution in [0.15, 0.2) is 89.8 Å². The van der Waals surface area contributed by atoms with Gasteiger partial charge in [0.1, 0.15) is 12.6 Å². The highest BCUT2D eigenvalue weighted by atomic mass is 32.2. The van der Waals surface area contributed by atoms with Gasteiger partial charge in [-0.1, -0.05) is 67.6 Å². The zero-order chi connectivity index (χ0) is 25.4. The molecule has 0 spiro atoms. The number of hydrogen-bond donors (Lipinski definition) is 1. The number of likely N-dealkylation sites (N-methyl/N-ethyl adjacent to an activating group) is 1. The lowest BCUT2D eigenvalue weighted by molar-refractivity contribution is -0.140. The second kappa shape index (κ2) is 11.7. The number of benzene rings is 3. The summed E-state index contributed by atoms with van der Waals surface area (Å²) in [7, 11) is -2.51. The number of rotatable bonds is 10. The van der Waals surface area contributed by atoms with Crippen LogP contribution in [0, 0.1) is 6.92 Å². The SMILES string of the molecule is CC[C@H](C(=O)NC)N(Cc1ccccc1C)C(=O)CN(c1ccccc1)S(=O)(=O)c1ccccc1. The molecule has 184 valence electrons. The van der Waals surface area contributed by atoms with Crippen molar-refractivity contribution >= 4 is 27.5 Å². The summed E-state index contributed by atoms with van der Waals surface area (Å²) in [4.78, 5) is 28.0. The van der Waals surface area contributed by atoms with Crippen LogP contribution in [0.2, 0.25) is 0 Å². The van der Waals surface area contributed by atoms with E-state index in [0.29, 0.717) is 12.1 Å². The smallest absolute Gasteiger partial charge is 0.264 e. The molecule has 0 aliphatic carbocycles. The van der Waals surface area contributed by atoms with Crippen molar-refractivity contribution in [3.05, 3.63) is 96.1 Å². The topological polar surface area (TPSA) is 86.8 Å². The highest BCUT2D eigenvalue weighted by Crippen LogP contribution is 2.24. The third kappa shape index (κ3) is 6.08. The Bertz CT molecular complexity index is 1250. The van der Waals surface area contributed by atoms with E-state index in [1.54, 1.807) is 48.5 Å². The van der Waals surface area contributed by atoms with Crippen LogP contribution in [-0.4, -0.2) is 44.8 Å². The fourth-order valence-electron chi connectivity index (χ4n) is 3.90. The van der Waals surface area contributed by atoms with Gasteiger partial charge in [-0.3, -0.25) is 13.9 Å². The molecule has 0 unspecified atom stereocenters. The molecule has 8 heteroatoms. The number of aryl methyl sites for hydroxylation is 1. The summed E-state index contributed by atoms with van der Waals surface area (Å²) in [6, 6.07) is 23.4. The second-order valence-electron chi connectivity index (χ2n) is 8.15. The molecular formula is C27H31N3O4S. The third-order valence-corrected chi connectivity index (χ3v) is 7.68. The Labute approximate surface area is 207 Å². The number of hydrogen-bond acceptors (Lipinski definition) is 4. The maximum atomic E-state index is 13.8. The van der Waals surface area contributed by atoms with Crippen LogP contribution >= 0.6 is 0 Å². The number of para-hydroxylation sites is 1. The van der Waals surface area contributed by atoms with E-state index in [9.17, 15) is 18.0 Å². The van der Waals surface area contributed by atoms with E-state index in [0.717, 1.165) is 15.4 Å². The second-order valence-corrected chi connectivity index (χ2v) is 10.0. The monoisotopic (exact) mass is 493 g/mol. The van der Waals surface area contributed by atoms with Crippen LogP contribution < -0.4 is 9.62 Å². The molecule has 3 aromatic rings. The number of amides is 2. The molecule has 3 aromatic carbocycles. The van der Waals surface area contributed by atoms with Gasteiger partial charge in [0.15, 0.2) is 0 Å². The van der Waals surface area contributed by atoms with Gasteiger partial charge in [0.05, 0.1) is 10.6 Å². The molecule has 0 heterocycles. The summed E-state index contributed by atoms with van der Waals surface area (Å²) in [6.07, 6.45) is 0.383. The van der Waals surface area contributed by atoms with Crippen molar-refractivity contribution in [1.29, 1.82) is 0 Å². The molecule has 0 saturated heterocycles. The molecular weight excluding hydrogens is 462 g/mol. The van der Waals surface area contributed by atoms with Crippen molar-refractivity contribution < 1.29 is 18.0 Å². The number of sulfonamides is 1. The minimum Gasteiger partial charge on any atom is -0.357 e. The van der Waals surface area contributed by atoms with Gasteiger partial charge in [0.25, 0.3) is 10.0 Å². The Morgan fingerprint density at radius 3 is 2.03 bits per heavy atom. The molecule has 0 radical (unpaired) electrons. The molecule has 1 N–H and O–H groups in total. The van der Waals surface area contributed by atoms with Gasteiger partial charge in [-0.25, -0.2) is 8.42 Å². The largest absolute Gasteiger partial charge is 0.357 e. The lowest BCUT2D eigenvalue weighted by Gasteiger charge is -2.33. The standard InChI is InChI=1S/C27H31N3O4S/c1-4-25(27(32)28-3)29(19-22-14-12-11-13-21(22)2)26(31)20-30(23-15-7-5-8-16-23)35(33,34)24-17-9-6-10-18-24/h5-18,25H,4,19-20H2,1-3H3,(H,28,32)/t25-/m1/s1. The Balaban J connectivity index is 2.03. The summed E-state index contributed by atoms with van der Waals surface area (Å²) in [5.74, 6) is -0.765. The van der Waals surface area contributed by atoms with Crippen LogP contribution in [0.25, 0.3) is 0 Å². The van der Waals surface area contributed by atoms with Crippen molar-refractivity contribution in [2.75, 3.05) is 17.9 Å². The summed E-state index contributed by atoms with van der Waals surface area (Å²) in [5.41, 5.74) is 2.24. The van der Waals surface area contributed by atoms with Crippen LogP contribution in [0.4, 0.5) is 5.69 Å². The van der Waals surface area contributed by atoms with E-state index in [1.165, 1.54) is 24.1 Å². The van der Waals surface area contributed by atoms with E-state index in [4.69, 9.17) is 0 Å². The predicted octanol–water partition coefficient (Wildman–Crippen LogP) is 3.74. The first kappa shape index (κ1) is 26.0. The van der Waals surface area contributed by atoms with Gasteiger partial charge >= 0.3 is 0 Å². The highest BCUT2D eigenvalue weighted by molar-refractivity contribution is 7.92. The molecule has 0 saturated carbocycles. The predicted molar refractivity (Wildman–Crippen MR) is 137 cm³/mol. The molecule has 3 rings (SSSR count).